The highest BCUT2D eigenvalue weighted by atomic mass is 35.6. The van der Waals surface area contributed by atoms with Gasteiger partial charge < -0.3 is 15.3 Å². The van der Waals surface area contributed by atoms with Gasteiger partial charge in [0.2, 0.25) is 0 Å². The van der Waals surface area contributed by atoms with Crippen LogP contribution in [-0.4, -0.2) is 44.7 Å². The summed E-state index contributed by atoms with van der Waals surface area (Å²) in [5.41, 5.74) is 0. The zero-order valence-corrected chi connectivity index (χ0v) is 17.5. The Morgan fingerprint density at radius 2 is 0.800 bits per heavy atom. The molecule has 3 unspecified atom stereocenters. The molecule has 0 fully saturated rings. The Kier molecular flexibility index (Phi) is 39.5. The zero-order chi connectivity index (χ0) is 17.0. The van der Waals surface area contributed by atoms with Crippen molar-refractivity contribution in [1.82, 2.24) is 0 Å². The molecule has 0 saturated carbocycles. The van der Waals surface area contributed by atoms with Crippen LogP contribution in [0.25, 0.3) is 0 Å². The molecule has 20 heavy (non-hydrogen) atoms. The van der Waals surface area contributed by atoms with Gasteiger partial charge in [-0.25, -0.2) is 0 Å². The van der Waals surface area contributed by atoms with E-state index in [1.54, 1.807) is 0 Å². The Morgan fingerprint density at radius 3 is 0.800 bits per heavy atom. The van der Waals surface area contributed by atoms with Crippen molar-refractivity contribution in [3.05, 3.63) is 0 Å². The molecular formula is C15H39ClO3Si. The molecule has 0 bridgehead atoms. The third kappa shape index (κ3) is 36.2. The third-order valence-corrected chi connectivity index (χ3v) is 3.03. The minimum atomic E-state index is 0.330. The number of hydrogen-bond donors (Lipinski definition) is 3. The van der Waals surface area contributed by atoms with Crippen LogP contribution in [0, 0.1) is 17.8 Å². The first-order valence-electron chi connectivity index (χ1n) is 7.63. The summed E-state index contributed by atoms with van der Waals surface area (Å²) in [5, 5.41) is 25.0. The molecule has 3 nitrogen and oxygen atoms in total. The van der Waals surface area contributed by atoms with Gasteiger partial charge in [-0.05, 0) is 17.8 Å². The van der Waals surface area contributed by atoms with Gasteiger partial charge in [0, 0.05) is 19.8 Å². The summed E-state index contributed by atoms with van der Waals surface area (Å²) >= 11 is 4.78. The first-order valence-corrected chi connectivity index (χ1v) is 10.7. The molecule has 3 N–H and O–H groups in total. The fourth-order valence-corrected chi connectivity index (χ4v) is 0.387. The molecule has 0 aliphatic heterocycles. The SMILES string of the molecule is CCC(C)CO.CCC(C)CO.CCC(C)CO.[SiH3]Cl. The Bertz CT molecular complexity index is 105. The van der Waals surface area contributed by atoms with Crippen molar-refractivity contribution in [2.45, 2.75) is 60.8 Å². The highest BCUT2D eigenvalue weighted by Crippen LogP contribution is 1.96. The lowest BCUT2D eigenvalue weighted by molar-refractivity contribution is 0.234. The molecule has 0 radical (unpaired) electrons. The van der Waals surface area contributed by atoms with Crippen molar-refractivity contribution in [1.29, 1.82) is 0 Å². The number of halogens is 1. The molecule has 128 valence electrons. The highest BCUT2D eigenvalue weighted by Gasteiger charge is 1.91. The molecule has 0 spiro atoms. The molecule has 0 aromatic carbocycles. The number of aliphatic hydroxyl groups is 3. The maximum absolute atomic E-state index is 8.33. The first-order chi connectivity index (χ1) is 9.42. The van der Waals surface area contributed by atoms with Crippen LogP contribution in [-0.2, 0) is 0 Å². The van der Waals surface area contributed by atoms with Crippen LogP contribution >= 0.6 is 11.1 Å². The summed E-state index contributed by atoms with van der Waals surface area (Å²) in [6.45, 7) is 13.3. The van der Waals surface area contributed by atoms with E-state index >= 15 is 0 Å². The molecule has 0 aromatic rings. The molecule has 3 atom stereocenters. The second-order valence-corrected chi connectivity index (χ2v) is 5.09. The van der Waals surface area contributed by atoms with E-state index in [-0.39, 0.29) is 0 Å². The molecule has 0 rings (SSSR count). The van der Waals surface area contributed by atoms with E-state index < -0.39 is 0 Å². The van der Waals surface area contributed by atoms with E-state index in [0.717, 1.165) is 28.8 Å². The molecule has 5 heteroatoms. The summed E-state index contributed by atoms with van der Waals surface area (Å²) in [7, 11) is 0.778. The molecule has 0 aliphatic rings. The topological polar surface area (TPSA) is 60.7 Å². The quantitative estimate of drug-likeness (QED) is 0.518. The average Bonchev–Trinajstić information content (AvgIpc) is 2.55. The largest absolute Gasteiger partial charge is 0.396 e. The van der Waals surface area contributed by atoms with Crippen LogP contribution in [0.2, 0.25) is 0 Å². The molecule has 0 saturated heterocycles. The maximum Gasteiger partial charge on any atom is 0.109 e. The number of hydrogen-bond acceptors (Lipinski definition) is 3. The lowest BCUT2D eigenvalue weighted by Gasteiger charge is -1.98. The molecular weight excluding hydrogens is 292 g/mol. The summed E-state index contributed by atoms with van der Waals surface area (Å²) in [6, 6.07) is 0. The standard InChI is InChI=1S/3C5H12O.ClH3Si/c3*1-3-5(2)4-6;1-2/h3*5-6H,3-4H2,1-2H3;2H3. The predicted octanol–water partition coefficient (Wildman–Crippen LogP) is 2.58. The summed E-state index contributed by atoms with van der Waals surface area (Å²) in [4.78, 5) is 0. The van der Waals surface area contributed by atoms with Crippen molar-refractivity contribution in [3.8, 4) is 0 Å². The molecule has 0 heterocycles. The van der Waals surface area contributed by atoms with Crippen molar-refractivity contribution < 1.29 is 15.3 Å². The molecule has 0 aliphatic carbocycles. The van der Waals surface area contributed by atoms with Gasteiger partial charge in [0.05, 0.1) is 0 Å². The Labute approximate surface area is 134 Å². The van der Waals surface area contributed by atoms with Gasteiger partial charge in [-0.2, -0.15) is 11.1 Å². The monoisotopic (exact) mass is 330 g/mol. The van der Waals surface area contributed by atoms with E-state index in [4.69, 9.17) is 26.4 Å². The van der Waals surface area contributed by atoms with Crippen LogP contribution in [0.4, 0.5) is 0 Å². The second kappa shape index (κ2) is 27.7. The van der Waals surface area contributed by atoms with E-state index in [0.29, 0.717) is 37.6 Å². The zero-order valence-electron chi connectivity index (χ0n) is 14.7. The summed E-state index contributed by atoms with van der Waals surface area (Å²) in [5.74, 6) is 1.47. The van der Waals surface area contributed by atoms with Crippen LogP contribution in [0.5, 0.6) is 0 Å². The van der Waals surface area contributed by atoms with Gasteiger partial charge >= 0.3 is 0 Å². The van der Waals surface area contributed by atoms with Crippen molar-refractivity contribution in [2.24, 2.45) is 17.8 Å². The normalized spacial score (nSPS) is 13.5. The van der Waals surface area contributed by atoms with Crippen LogP contribution in [0.3, 0.4) is 0 Å². The van der Waals surface area contributed by atoms with E-state index in [2.05, 4.69) is 20.8 Å². The fraction of sp³-hybridized carbons (Fsp3) is 1.00. The number of rotatable bonds is 6. The summed E-state index contributed by atoms with van der Waals surface area (Å²) in [6.07, 6.45) is 3.24. The lowest BCUT2D eigenvalue weighted by Crippen LogP contribution is -1.96. The fourth-order valence-electron chi connectivity index (χ4n) is 0.387. The smallest absolute Gasteiger partial charge is 0.109 e. The number of aliphatic hydroxyl groups excluding tert-OH is 3. The lowest BCUT2D eigenvalue weighted by atomic mass is 10.1. The highest BCUT2D eigenvalue weighted by molar-refractivity contribution is 6.80. The Hall–Kier alpha value is 0.387. The predicted molar refractivity (Wildman–Crippen MR) is 95.4 cm³/mol. The van der Waals surface area contributed by atoms with Gasteiger partial charge in [0.15, 0.2) is 0 Å². The van der Waals surface area contributed by atoms with Crippen LogP contribution in [0.1, 0.15) is 60.8 Å². The van der Waals surface area contributed by atoms with E-state index in [1.807, 2.05) is 20.8 Å². The summed E-state index contributed by atoms with van der Waals surface area (Å²) < 4.78 is 0. The van der Waals surface area contributed by atoms with E-state index in [1.165, 1.54) is 0 Å². The molecule has 0 amide bonds. The average molecular weight is 331 g/mol. The van der Waals surface area contributed by atoms with Gasteiger partial charge in [0.25, 0.3) is 0 Å². The third-order valence-electron chi connectivity index (χ3n) is 3.03. The van der Waals surface area contributed by atoms with Gasteiger partial charge in [-0.15, -0.1) is 0 Å². The van der Waals surface area contributed by atoms with Crippen LogP contribution in [0.15, 0.2) is 0 Å². The van der Waals surface area contributed by atoms with Gasteiger partial charge in [-0.1, -0.05) is 60.8 Å². The van der Waals surface area contributed by atoms with Gasteiger partial charge in [0.1, 0.15) is 9.55 Å². The Morgan fingerprint density at radius 1 is 0.650 bits per heavy atom. The minimum Gasteiger partial charge on any atom is -0.396 e. The van der Waals surface area contributed by atoms with E-state index in [9.17, 15) is 0 Å². The minimum absolute atomic E-state index is 0.330. The Balaban J connectivity index is -0.0000000902. The second-order valence-electron chi connectivity index (χ2n) is 5.09. The first kappa shape index (κ1) is 28.5. The van der Waals surface area contributed by atoms with Crippen molar-refractivity contribution in [2.75, 3.05) is 19.8 Å². The maximum atomic E-state index is 8.33. The van der Waals surface area contributed by atoms with Crippen molar-refractivity contribution >= 4 is 20.6 Å². The molecule has 0 aromatic heterocycles. The van der Waals surface area contributed by atoms with Crippen LogP contribution < -0.4 is 0 Å². The van der Waals surface area contributed by atoms with Gasteiger partial charge in [-0.3, -0.25) is 0 Å². The van der Waals surface area contributed by atoms with Crippen molar-refractivity contribution in [3.63, 3.8) is 0 Å².